The lowest BCUT2D eigenvalue weighted by Crippen LogP contribution is -2.50. The molecule has 0 amide bonds. The van der Waals surface area contributed by atoms with Crippen LogP contribution < -0.4 is 0 Å². The third-order valence-corrected chi connectivity index (χ3v) is 7.46. The lowest BCUT2D eigenvalue weighted by Gasteiger charge is -2.35. The highest BCUT2D eigenvalue weighted by Crippen LogP contribution is 2.45. The second kappa shape index (κ2) is 7.58. The number of rotatable bonds is 9. The summed E-state index contributed by atoms with van der Waals surface area (Å²) in [6.07, 6.45) is 1.16. The van der Waals surface area contributed by atoms with Gasteiger partial charge in [-0.2, -0.15) is 9.78 Å². The molecule has 2 unspecified atom stereocenters. The molecule has 1 fully saturated rings. The van der Waals surface area contributed by atoms with Crippen molar-refractivity contribution in [2.24, 2.45) is 5.92 Å². The summed E-state index contributed by atoms with van der Waals surface area (Å²) >= 11 is 0. The third kappa shape index (κ3) is 4.74. The molecule has 2 atom stereocenters. The molecule has 1 aliphatic rings. The van der Waals surface area contributed by atoms with Crippen molar-refractivity contribution in [3.05, 3.63) is 0 Å². The fraction of sp³-hybridized carbons (Fsp3) is 0.933. The zero-order chi connectivity index (χ0) is 17.9. The van der Waals surface area contributed by atoms with Gasteiger partial charge in [-0.05, 0) is 26.7 Å². The van der Waals surface area contributed by atoms with Gasteiger partial charge in [-0.25, -0.2) is 4.79 Å². The molecule has 1 aliphatic heterocycles. The van der Waals surface area contributed by atoms with Crippen molar-refractivity contribution in [2.45, 2.75) is 64.4 Å². The minimum absolute atomic E-state index is 0.0281. The van der Waals surface area contributed by atoms with Gasteiger partial charge >= 0.3 is 20.6 Å². The molecule has 8 heteroatoms. The van der Waals surface area contributed by atoms with Crippen molar-refractivity contribution in [2.75, 3.05) is 21.3 Å². The average molecular weight is 350 g/mol. The van der Waals surface area contributed by atoms with Crippen LogP contribution >= 0.6 is 0 Å². The molecule has 1 heterocycles. The lowest BCUT2D eigenvalue weighted by molar-refractivity contribution is -0.163. The van der Waals surface area contributed by atoms with E-state index in [0.29, 0.717) is 6.42 Å². The van der Waals surface area contributed by atoms with Gasteiger partial charge in [0.15, 0.2) is 0 Å². The van der Waals surface area contributed by atoms with Crippen molar-refractivity contribution >= 4 is 14.8 Å². The van der Waals surface area contributed by atoms with Crippen LogP contribution in [0.2, 0.25) is 5.54 Å². The first-order chi connectivity index (χ1) is 10.6. The minimum Gasteiger partial charge on any atom is -0.456 e. The topological polar surface area (TPSA) is 79.1 Å². The monoisotopic (exact) mass is 350 g/mol. The molecule has 0 aromatic rings. The predicted octanol–water partition coefficient (Wildman–Crippen LogP) is 2.67. The normalized spacial score (nSPS) is 20.0. The van der Waals surface area contributed by atoms with Crippen molar-refractivity contribution in [3.8, 4) is 0 Å². The van der Waals surface area contributed by atoms with Crippen LogP contribution in [-0.2, 0) is 32.6 Å². The molecule has 0 saturated carbocycles. The van der Waals surface area contributed by atoms with Crippen molar-refractivity contribution in [3.63, 3.8) is 0 Å². The van der Waals surface area contributed by atoms with E-state index < -0.39 is 26.2 Å². The molecule has 7 nitrogen and oxygen atoms in total. The summed E-state index contributed by atoms with van der Waals surface area (Å²) in [4.78, 5) is 22.4. The van der Waals surface area contributed by atoms with E-state index in [1.807, 2.05) is 13.8 Å². The third-order valence-electron chi connectivity index (χ3n) is 4.17. The van der Waals surface area contributed by atoms with E-state index in [0.717, 1.165) is 6.42 Å². The van der Waals surface area contributed by atoms with Gasteiger partial charge < -0.3 is 18.0 Å². The summed E-state index contributed by atoms with van der Waals surface area (Å²) in [5.41, 5.74) is -0.629. The SMILES string of the molecule is CCC(CC1(C(=O)OC(C)(C)C)OO1)C(C)[Si](OC)(OC)OC. The van der Waals surface area contributed by atoms with Crippen molar-refractivity contribution in [1.29, 1.82) is 0 Å². The number of ether oxygens (including phenoxy) is 1. The first-order valence-corrected chi connectivity index (χ1v) is 9.65. The van der Waals surface area contributed by atoms with Crippen LogP contribution in [0.3, 0.4) is 0 Å². The highest BCUT2D eigenvalue weighted by molar-refractivity contribution is 6.62. The van der Waals surface area contributed by atoms with Crippen molar-refractivity contribution < 1.29 is 32.6 Å². The first kappa shape index (κ1) is 20.5. The predicted molar refractivity (Wildman–Crippen MR) is 85.3 cm³/mol. The Balaban J connectivity index is 2.85. The highest BCUT2D eigenvalue weighted by Gasteiger charge is 2.62. The van der Waals surface area contributed by atoms with E-state index >= 15 is 0 Å². The number of hydrogen-bond acceptors (Lipinski definition) is 7. The summed E-state index contributed by atoms with van der Waals surface area (Å²) in [6, 6.07) is 0. The minimum atomic E-state index is -2.82. The number of carbonyl (C=O) groups excluding carboxylic acids is 1. The molecule has 23 heavy (non-hydrogen) atoms. The smallest absolute Gasteiger partial charge is 0.456 e. The van der Waals surface area contributed by atoms with Gasteiger partial charge in [0.2, 0.25) is 0 Å². The van der Waals surface area contributed by atoms with Gasteiger partial charge in [-0.1, -0.05) is 20.3 Å². The van der Waals surface area contributed by atoms with Gasteiger partial charge in [0.05, 0.1) is 0 Å². The van der Waals surface area contributed by atoms with Crippen LogP contribution in [0.5, 0.6) is 0 Å². The van der Waals surface area contributed by atoms with Crippen LogP contribution in [0.25, 0.3) is 0 Å². The van der Waals surface area contributed by atoms with Crippen LogP contribution in [0.1, 0.15) is 47.5 Å². The Morgan fingerprint density at radius 2 is 1.61 bits per heavy atom. The van der Waals surface area contributed by atoms with Gasteiger partial charge in [0.1, 0.15) is 5.60 Å². The Bertz CT molecular complexity index is 391. The number of hydrogen-bond donors (Lipinski definition) is 0. The van der Waals surface area contributed by atoms with E-state index in [-0.39, 0.29) is 11.5 Å². The van der Waals surface area contributed by atoms with Gasteiger partial charge in [0, 0.05) is 33.3 Å². The molecule has 0 aliphatic carbocycles. The van der Waals surface area contributed by atoms with Crippen LogP contribution in [0.15, 0.2) is 0 Å². The van der Waals surface area contributed by atoms with Crippen LogP contribution in [0.4, 0.5) is 0 Å². The van der Waals surface area contributed by atoms with Gasteiger partial charge in [-0.3, -0.25) is 0 Å². The highest BCUT2D eigenvalue weighted by atomic mass is 28.4. The molecule has 1 saturated heterocycles. The van der Waals surface area contributed by atoms with Gasteiger partial charge in [0.25, 0.3) is 0 Å². The molecule has 0 spiro atoms. The Morgan fingerprint density at radius 1 is 1.13 bits per heavy atom. The molecule has 0 N–H and O–H groups in total. The van der Waals surface area contributed by atoms with E-state index in [1.165, 1.54) is 0 Å². The lowest BCUT2D eigenvalue weighted by atomic mass is 9.94. The maximum absolute atomic E-state index is 12.3. The summed E-state index contributed by atoms with van der Waals surface area (Å²) in [7, 11) is 1.92. The van der Waals surface area contributed by atoms with Crippen LogP contribution in [-0.4, -0.2) is 47.5 Å². The maximum Gasteiger partial charge on any atom is 0.503 e. The number of esters is 1. The van der Waals surface area contributed by atoms with E-state index in [9.17, 15) is 4.79 Å². The Morgan fingerprint density at radius 3 is 1.91 bits per heavy atom. The maximum atomic E-state index is 12.3. The zero-order valence-electron chi connectivity index (χ0n) is 15.4. The fourth-order valence-corrected chi connectivity index (χ4v) is 5.29. The molecule has 1 rings (SSSR count). The Hall–Kier alpha value is -0.513. The van der Waals surface area contributed by atoms with E-state index in [4.69, 9.17) is 27.8 Å². The van der Waals surface area contributed by atoms with Crippen molar-refractivity contribution in [1.82, 2.24) is 0 Å². The molecule has 0 aromatic heterocycles. The van der Waals surface area contributed by atoms with E-state index in [2.05, 4.69) is 0 Å². The molecule has 136 valence electrons. The Labute approximate surface area is 139 Å². The fourth-order valence-electron chi connectivity index (χ4n) is 2.74. The molecular weight excluding hydrogens is 320 g/mol. The zero-order valence-corrected chi connectivity index (χ0v) is 16.4. The quantitative estimate of drug-likeness (QED) is 0.274. The average Bonchev–Trinajstić information content (AvgIpc) is 3.26. The second-order valence-corrected chi connectivity index (χ2v) is 10.1. The molecule has 0 aromatic carbocycles. The van der Waals surface area contributed by atoms with E-state index in [1.54, 1.807) is 42.1 Å². The number of carbonyl (C=O) groups is 1. The van der Waals surface area contributed by atoms with Crippen LogP contribution in [0, 0.1) is 5.92 Å². The molecular formula is C15H30O7Si. The largest absolute Gasteiger partial charge is 0.503 e. The summed E-state index contributed by atoms with van der Waals surface area (Å²) in [5, 5.41) is 0. The second-order valence-electron chi connectivity index (χ2n) is 6.80. The first-order valence-electron chi connectivity index (χ1n) is 7.85. The standard InChI is InChI=1S/C15H30O7Si/c1-9-12(11(2)23(17-6,18-7)19-8)10-15(21-22-15)13(16)20-14(3,4)5/h11-12H,9-10H2,1-8H3. The summed E-state index contributed by atoms with van der Waals surface area (Å²) in [5.74, 6) is -1.77. The summed E-state index contributed by atoms with van der Waals surface area (Å²) in [6.45, 7) is 9.45. The summed E-state index contributed by atoms with van der Waals surface area (Å²) < 4.78 is 22.0. The molecule has 0 radical (unpaired) electrons. The Kier molecular flexibility index (Phi) is 6.77. The van der Waals surface area contributed by atoms with Gasteiger partial charge in [-0.15, -0.1) is 0 Å². The molecule has 0 bridgehead atoms.